The number of amides is 2. The molecule has 4 rings (SSSR count). The minimum absolute atomic E-state index is 0.00294. The third kappa shape index (κ3) is 7.28. The van der Waals surface area contributed by atoms with Gasteiger partial charge in [0.2, 0.25) is 5.91 Å². The second-order valence-electron chi connectivity index (χ2n) is 10.7. The Morgan fingerprint density at radius 2 is 1.85 bits per heavy atom. The van der Waals surface area contributed by atoms with Crippen molar-refractivity contribution in [2.45, 2.75) is 39.7 Å². The van der Waals surface area contributed by atoms with E-state index in [0.717, 1.165) is 16.5 Å². The van der Waals surface area contributed by atoms with Gasteiger partial charge in [-0.3, -0.25) is 14.4 Å². The molecule has 1 fully saturated rings. The Morgan fingerprint density at radius 1 is 1.07 bits per heavy atom. The number of benzene rings is 2. The molecule has 1 saturated heterocycles. The van der Waals surface area contributed by atoms with Crippen molar-refractivity contribution in [1.29, 1.82) is 0 Å². The van der Waals surface area contributed by atoms with Gasteiger partial charge in [-0.1, -0.05) is 50.2 Å². The molecule has 3 aromatic rings. The standard InChI is InChI=1S/C31H37N3O6/c1-20(2)14-23(15-27(35)26-16-24-25(33-26)10-7-11-29(24)39-3)28(36)18-34(17-22-12-13-32-30(22)37)31(38)40-19-21-8-5-4-6-9-21/h4-11,16,20,22-23,33H,12-15,17-19H2,1-3H3,(H,32,37)/t22-,23+/m0/s1. The second-order valence-corrected chi connectivity index (χ2v) is 10.7. The number of aromatic nitrogens is 1. The molecule has 0 spiro atoms. The van der Waals surface area contributed by atoms with Crippen LogP contribution < -0.4 is 10.1 Å². The summed E-state index contributed by atoms with van der Waals surface area (Å²) in [6.45, 7) is 4.42. The fourth-order valence-corrected chi connectivity index (χ4v) is 5.10. The maximum atomic E-state index is 13.6. The Morgan fingerprint density at radius 3 is 2.52 bits per heavy atom. The third-order valence-corrected chi connectivity index (χ3v) is 7.20. The smallest absolute Gasteiger partial charge is 0.410 e. The maximum absolute atomic E-state index is 13.6. The average Bonchev–Trinajstić information content (AvgIpc) is 3.57. The van der Waals surface area contributed by atoms with E-state index in [1.165, 1.54) is 4.90 Å². The molecule has 1 aliphatic rings. The van der Waals surface area contributed by atoms with Crippen LogP contribution in [0.25, 0.3) is 10.9 Å². The average molecular weight is 548 g/mol. The van der Waals surface area contributed by atoms with Crippen LogP contribution in [0.15, 0.2) is 54.6 Å². The first-order valence-corrected chi connectivity index (χ1v) is 13.7. The number of Topliss-reactive ketones (excluding diaryl/α,β-unsaturated/α-hetero) is 2. The molecule has 9 nitrogen and oxygen atoms in total. The molecule has 0 saturated carbocycles. The zero-order valence-electron chi connectivity index (χ0n) is 23.3. The lowest BCUT2D eigenvalue weighted by atomic mass is 9.88. The van der Waals surface area contributed by atoms with Gasteiger partial charge in [-0.25, -0.2) is 4.79 Å². The molecule has 0 aliphatic carbocycles. The summed E-state index contributed by atoms with van der Waals surface area (Å²) in [6.07, 6.45) is 0.412. The molecule has 212 valence electrons. The number of hydrogen-bond donors (Lipinski definition) is 2. The Hall–Kier alpha value is -4.14. The van der Waals surface area contributed by atoms with Gasteiger partial charge in [0.25, 0.3) is 0 Å². The van der Waals surface area contributed by atoms with Gasteiger partial charge < -0.3 is 24.7 Å². The quantitative estimate of drug-likeness (QED) is 0.298. The van der Waals surface area contributed by atoms with Crippen LogP contribution in [0.5, 0.6) is 5.75 Å². The van der Waals surface area contributed by atoms with E-state index in [1.807, 2.05) is 62.4 Å². The second kappa shape index (κ2) is 13.3. The minimum atomic E-state index is -0.658. The fraction of sp³-hybridized carbons (Fsp3) is 0.419. The highest BCUT2D eigenvalue weighted by molar-refractivity contribution is 6.02. The number of ether oxygens (including phenoxy) is 2. The van der Waals surface area contributed by atoms with Crippen LogP contribution in [0.4, 0.5) is 4.79 Å². The van der Waals surface area contributed by atoms with Crippen LogP contribution in [-0.2, 0) is 20.9 Å². The zero-order chi connectivity index (χ0) is 28.6. The lowest BCUT2D eigenvalue weighted by Gasteiger charge is -2.26. The molecule has 2 amide bonds. The van der Waals surface area contributed by atoms with E-state index in [2.05, 4.69) is 10.3 Å². The van der Waals surface area contributed by atoms with Gasteiger partial charge in [-0.2, -0.15) is 0 Å². The van der Waals surface area contributed by atoms with Gasteiger partial charge in [0.1, 0.15) is 12.4 Å². The number of H-pyrrole nitrogens is 1. The molecular weight excluding hydrogens is 510 g/mol. The molecule has 2 aromatic carbocycles. The van der Waals surface area contributed by atoms with Crippen molar-refractivity contribution < 1.29 is 28.7 Å². The number of nitrogens with one attached hydrogen (secondary N) is 2. The molecule has 1 aromatic heterocycles. The first kappa shape index (κ1) is 28.9. The third-order valence-electron chi connectivity index (χ3n) is 7.20. The normalized spacial score (nSPS) is 15.6. The number of rotatable bonds is 13. The summed E-state index contributed by atoms with van der Waals surface area (Å²) in [6, 6.07) is 16.5. The topological polar surface area (TPSA) is 118 Å². The van der Waals surface area contributed by atoms with Crippen molar-refractivity contribution in [3.63, 3.8) is 0 Å². The van der Waals surface area contributed by atoms with E-state index < -0.39 is 17.9 Å². The first-order chi connectivity index (χ1) is 19.2. The lowest BCUT2D eigenvalue weighted by molar-refractivity contribution is -0.126. The summed E-state index contributed by atoms with van der Waals surface area (Å²) in [5.74, 6) is -0.758. The monoisotopic (exact) mass is 547 g/mol. The van der Waals surface area contributed by atoms with Gasteiger partial charge >= 0.3 is 6.09 Å². The number of hydrogen-bond acceptors (Lipinski definition) is 6. The van der Waals surface area contributed by atoms with Gasteiger partial charge in [0.05, 0.1) is 25.3 Å². The lowest BCUT2D eigenvalue weighted by Crippen LogP contribution is -2.43. The van der Waals surface area contributed by atoms with E-state index in [-0.39, 0.29) is 49.5 Å². The molecule has 9 heteroatoms. The summed E-state index contributed by atoms with van der Waals surface area (Å²) < 4.78 is 10.9. The summed E-state index contributed by atoms with van der Waals surface area (Å²) in [4.78, 5) is 56.8. The number of fused-ring (bicyclic) bond motifs is 1. The van der Waals surface area contributed by atoms with E-state index >= 15 is 0 Å². The van der Waals surface area contributed by atoms with Crippen molar-refractivity contribution in [3.05, 3.63) is 65.9 Å². The Kier molecular flexibility index (Phi) is 9.58. The SMILES string of the molecule is COc1cccc2[nH]c(C(=O)C[C@@H](CC(C)C)C(=O)CN(C[C@@H]3CCNC3=O)C(=O)OCc3ccccc3)cc12. The Balaban J connectivity index is 1.49. The van der Waals surface area contributed by atoms with Crippen LogP contribution in [0, 0.1) is 17.8 Å². The van der Waals surface area contributed by atoms with Crippen molar-refractivity contribution in [1.82, 2.24) is 15.2 Å². The number of nitrogens with zero attached hydrogens (tertiary/aromatic N) is 1. The Bertz CT molecular complexity index is 1350. The van der Waals surface area contributed by atoms with E-state index in [1.54, 1.807) is 13.2 Å². The van der Waals surface area contributed by atoms with Crippen molar-refractivity contribution >= 4 is 34.5 Å². The molecule has 0 radical (unpaired) electrons. The highest BCUT2D eigenvalue weighted by Gasteiger charge is 2.32. The molecule has 0 bridgehead atoms. The largest absolute Gasteiger partial charge is 0.496 e. The van der Waals surface area contributed by atoms with Crippen molar-refractivity contribution in [2.75, 3.05) is 26.7 Å². The molecule has 40 heavy (non-hydrogen) atoms. The summed E-state index contributed by atoms with van der Waals surface area (Å²) in [7, 11) is 1.58. The first-order valence-electron chi connectivity index (χ1n) is 13.7. The predicted molar refractivity (Wildman–Crippen MR) is 151 cm³/mol. The molecule has 0 unspecified atom stereocenters. The summed E-state index contributed by atoms with van der Waals surface area (Å²) >= 11 is 0. The molecule has 2 N–H and O–H groups in total. The molecule has 1 aliphatic heterocycles. The van der Waals surface area contributed by atoms with Crippen molar-refractivity contribution in [2.24, 2.45) is 17.8 Å². The highest BCUT2D eigenvalue weighted by Crippen LogP contribution is 2.28. The summed E-state index contributed by atoms with van der Waals surface area (Å²) in [5, 5.41) is 3.57. The van der Waals surface area contributed by atoms with Gasteiger partial charge in [0, 0.05) is 36.3 Å². The van der Waals surface area contributed by atoms with Crippen molar-refractivity contribution in [3.8, 4) is 5.75 Å². The van der Waals surface area contributed by atoms with Crippen LogP contribution >= 0.6 is 0 Å². The molecular formula is C31H37N3O6. The van der Waals surface area contributed by atoms with E-state index in [9.17, 15) is 19.2 Å². The van der Waals surface area contributed by atoms with Gasteiger partial charge in [-0.15, -0.1) is 0 Å². The van der Waals surface area contributed by atoms with Crippen LogP contribution in [0.1, 0.15) is 49.2 Å². The zero-order valence-corrected chi connectivity index (χ0v) is 23.3. The van der Waals surface area contributed by atoms with E-state index in [0.29, 0.717) is 30.8 Å². The molecule has 2 atom stereocenters. The number of carbonyl (C=O) groups is 4. The fourth-order valence-electron chi connectivity index (χ4n) is 5.10. The van der Waals surface area contributed by atoms with Crippen LogP contribution in [0.3, 0.4) is 0 Å². The number of carbonyl (C=O) groups excluding carboxylic acids is 4. The summed E-state index contributed by atoms with van der Waals surface area (Å²) in [5.41, 5.74) is 2.00. The van der Waals surface area contributed by atoms with Crippen LogP contribution in [0.2, 0.25) is 0 Å². The van der Waals surface area contributed by atoms with Gasteiger partial charge in [0.15, 0.2) is 11.6 Å². The maximum Gasteiger partial charge on any atom is 0.410 e. The Labute approximate surface area is 234 Å². The van der Waals surface area contributed by atoms with E-state index in [4.69, 9.17) is 9.47 Å². The number of aromatic amines is 1. The predicted octanol–water partition coefficient (Wildman–Crippen LogP) is 4.76. The minimum Gasteiger partial charge on any atom is -0.496 e. The number of methoxy groups -OCH3 is 1. The molecule has 2 heterocycles. The van der Waals surface area contributed by atoms with Crippen LogP contribution in [-0.4, -0.2) is 60.2 Å². The number of ketones is 2. The van der Waals surface area contributed by atoms with Gasteiger partial charge in [-0.05, 0) is 42.5 Å². The highest BCUT2D eigenvalue weighted by atomic mass is 16.6.